The van der Waals surface area contributed by atoms with E-state index in [4.69, 9.17) is 37.1 Å². The van der Waals surface area contributed by atoms with Crippen LogP contribution in [0.3, 0.4) is 0 Å². The van der Waals surface area contributed by atoms with Crippen LogP contribution in [0.2, 0.25) is 10.0 Å². The van der Waals surface area contributed by atoms with Gasteiger partial charge in [0.1, 0.15) is 17.1 Å². The normalized spacial score (nSPS) is 11.7. The Morgan fingerprint density at radius 2 is 1.50 bits per heavy atom. The average Bonchev–Trinajstić information content (AvgIpc) is 2.92. The van der Waals surface area contributed by atoms with Crippen LogP contribution in [-0.4, -0.2) is 12.0 Å². The monoisotopic (exact) mass is 545 g/mol. The predicted molar refractivity (Wildman–Crippen MR) is 150 cm³/mol. The maximum absolute atomic E-state index is 13.4. The number of amides is 1. The van der Waals surface area contributed by atoms with Crippen LogP contribution in [0.25, 0.3) is 22.3 Å². The second kappa shape index (κ2) is 11.0. The van der Waals surface area contributed by atoms with E-state index in [2.05, 4.69) is 5.32 Å². The Kier molecular flexibility index (Phi) is 7.36. The Morgan fingerprint density at radius 1 is 0.842 bits per heavy atom. The van der Waals surface area contributed by atoms with Crippen molar-refractivity contribution in [3.8, 4) is 28.6 Å². The molecule has 0 saturated heterocycles. The number of para-hydroxylation sites is 1. The van der Waals surface area contributed by atoms with Crippen LogP contribution in [0.5, 0.6) is 17.2 Å². The van der Waals surface area contributed by atoms with Gasteiger partial charge in [0.2, 0.25) is 11.2 Å². The standard InChI is InChI=1S/C30H21Cl2NO5/c1-18(30(35)33-22-12-14-24(15-13-22)37-23-5-3-2-4-6-23)36-29-27(34)25-17-21(32)11-16-26(25)38-28(29)19-7-9-20(31)10-8-19/h2-18H,1H3,(H,33,35). The molecule has 0 fully saturated rings. The predicted octanol–water partition coefficient (Wildman–Crippen LogP) is 7.97. The summed E-state index contributed by atoms with van der Waals surface area (Å²) in [6, 6.07) is 27.8. The SMILES string of the molecule is CC(Oc1c(-c2ccc(Cl)cc2)oc2ccc(Cl)cc2c1=O)C(=O)Nc1ccc(Oc2ccccc2)cc1. The van der Waals surface area contributed by atoms with E-state index in [9.17, 15) is 9.59 Å². The fourth-order valence-electron chi connectivity index (χ4n) is 3.75. The van der Waals surface area contributed by atoms with Gasteiger partial charge in [-0.3, -0.25) is 9.59 Å². The van der Waals surface area contributed by atoms with Gasteiger partial charge in [-0.2, -0.15) is 0 Å². The second-order valence-corrected chi connectivity index (χ2v) is 9.30. The Labute approximate surface area is 228 Å². The van der Waals surface area contributed by atoms with Gasteiger partial charge in [-0.1, -0.05) is 41.4 Å². The topological polar surface area (TPSA) is 77.8 Å². The minimum atomic E-state index is -1.03. The maximum atomic E-state index is 13.4. The maximum Gasteiger partial charge on any atom is 0.265 e. The van der Waals surface area contributed by atoms with Gasteiger partial charge in [-0.05, 0) is 85.8 Å². The summed E-state index contributed by atoms with van der Waals surface area (Å²) in [6.07, 6.45) is -1.03. The molecule has 0 aliphatic heterocycles. The van der Waals surface area contributed by atoms with Crippen LogP contribution in [0, 0.1) is 0 Å². The van der Waals surface area contributed by atoms with E-state index in [1.807, 2.05) is 30.3 Å². The molecule has 38 heavy (non-hydrogen) atoms. The van der Waals surface area contributed by atoms with Crippen molar-refractivity contribution in [1.82, 2.24) is 0 Å². The van der Waals surface area contributed by atoms with E-state index >= 15 is 0 Å². The number of carbonyl (C=O) groups is 1. The van der Waals surface area contributed by atoms with Crippen LogP contribution in [0.1, 0.15) is 6.92 Å². The van der Waals surface area contributed by atoms with Crippen molar-refractivity contribution in [3.05, 3.63) is 117 Å². The molecule has 1 unspecified atom stereocenters. The minimum absolute atomic E-state index is 0.101. The summed E-state index contributed by atoms with van der Waals surface area (Å²) in [7, 11) is 0. The van der Waals surface area contributed by atoms with Crippen molar-refractivity contribution in [3.63, 3.8) is 0 Å². The molecular weight excluding hydrogens is 525 g/mol. The zero-order valence-corrected chi connectivity index (χ0v) is 21.6. The minimum Gasteiger partial charge on any atom is -0.473 e. The lowest BCUT2D eigenvalue weighted by Gasteiger charge is -2.17. The third kappa shape index (κ3) is 5.67. The molecule has 0 spiro atoms. The molecule has 0 radical (unpaired) electrons. The molecule has 0 bridgehead atoms. The number of anilines is 1. The van der Waals surface area contributed by atoms with Gasteiger partial charge in [0.25, 0.3) is 5.91 Å². The molecule has 1 N–H and O–H groups in total. The first kappa shape index (κ1) is 25.4. The molecular formula is C30H21Cl2NO5. The Balaban J connectivity index is 1.38. The molecule has 0 saturated carbocycles. The molecule has 4 aromatic carbocycles. The highest BCUT2D eigenvalue weighted by Crippen LogP contribution is 2.33. The first-order valence-electron chi connectivity index (χ1n) is 11.7. The third-order valence-electron chi connectivity index (χ3n) is 5.68. The average molecular weight is 546 g/mol. The smallest absolute Gasteiger partial charge is 0.265 e. The Bertz CT molecular complexity index is 1650. The summed E-state index contributed by atoms with van der Waals surface area (Å²) in [5.41, 5.74) is 1.01. The molecule has 5 aromatic rings. The highest BCUT2D eigenvalue weighted by Gasteiger charge is 2.23. The van der Waals surface area contributed by atoms with Crippen LogP contribution in [0.15, 0.2) is 106 Å². The number of fused-ring (bicyclic) bond motifs is 1. The molecule has 1 amide bonds. The van der Waals surface area contributed by atoms with E-state index in [1.54, 1.807) is 67.6 Å². The van der Waals surface area contributed by atoms with Crippen molar-refractivity contribution in [2.45, 2.75) is 13.0 Å². The van der Waals surface area contributed by atoms with E-state index < -0.39 is 17.4 Å². The summed E-state index contributed by atoms with van der Waals surface area (Å²) in [5, 5.41) is 3.94. The van der Waals surface area contributed by atoms with Gasteiger partial charge in [-0.25, -0.2) is 0 Å². The van der Waals surface area contributed by atoms with E-state index in [1.165, 1.54) is 6.07 Å². The summed E-state index contributed by atoms with van der Waals surface area (Å²) in [5.74, 6) is 0.964. The largest absolute Gasteiger partial charge is 0.473 e. The number of benzene rings is 4. The molecule has 1 atom stereocenters. The van der Waals surface area contributed by atoms with Gasteiger partial charge in [-0.15, -0.1) is 0 Å². The number of ether oxygens (including phenoxy) is 2. The van der Waals surface area contributed by atoms with Gasteiger partial charge in [0.05, 0.1) is 5.39 Å². The molecule has 0 aliphatic rings. The number of hydrogen-bond donors (Lipinski definition) is 1. The number of nitrogens with one attached hydrogen (secondary N) is 1. The Morgan fingerprint density at radius 3 is 2.21 bits per heavy atom. The zero-order valence-electron chi connectivity index (χ0n) is 20.1. The lowest BCUT2D eigenvalue weighted by atomic mass is 10.1. The number of halogens is 2. The summed E-state index contributed by atoms with van der Waals surface area (Å²) in [6.45, 7) is 1.55. The quantitative estimate of drug-likeness (QED) is 0.224. The van der Waals surface area contributed by atoms with E-state index in [0.717, 1.165) is 0 Å². The van der Waals surface area contributed by atoms with Gasteiger partial charge in [0.15, 0.2) is 11.9 Å². The van der Waals surface area contributed by atoms with Crippen molar-refractivity contribution < 1.29 is 18.7 Å². The van der Waals surface area contributed by atoms with Gasteiger partial charge < -0.3 is 19.2 Å². The van der Waals surface area contributed by atoms with Gasteiger partial charge >= 0.3 is 0 Å². The fourth-order valence-corrected chi connectivity index (χ4v) is 4.05. The van der Waals surface area contributed by atoms with E-state index in [-0.39, 0.29) is 16.9 Å². The van der Waals surface area contributed by atoms with Crippen LogP contribution in [-0.2, 0) is 4.79 Å². The Hall–Kier alpha value is -4.26. The highest BCUT2D eigenvalue weighted by atomic mass is 35.5. The molecule has 0 aliphatic carbocycles. The summed E-state index contributed by atoms with van der Waals surface area (Å²) < 4.78 is 17.8. The number of carbonyl (C=O) groups excluding carboxylic acids is 1. The van der Waals surface area contributed by atoms with Crippen molar-refractivity contribution in [2.24, 2.45) is 0 Å². The van der Waals surface area contributed by atoms with Gasteiger partial charge in [0, 0.05) is 21.3 Å². The van der Waals surface area contributed by atoms with Crippen molar-refractivity contribution >= 4 is 45.8 Å². The second-order valence-electron chi connectivity index (χ2n) is 8.43. The highest BCUT2D eigenvalue weighted by molar-refractivity contribution is 6.31. The summed E-state index contributed by atoms with van der Waals surface area (Å²) >= 11 is 12.1. The summed E-state index contributed by atoms with van der Waals surface area (Å²) in [4.78, 5) is 26.4. The van der Waals surface area contributed by atoms with Crippen LogP contribution >= 0.6 is 23.2 Å². The van der Waals surface area contributed by atoms with Crippen LogP contribution in [0.4, 0.5) is 5.69 Å². The van der Waals surface area contributed by atoms with Crippen molar-refractivity contribution in [1.29, 1.82) is 0 Å². The number of hydrogen-bond acceptors (Lipinski definition) is 5. The zero-order chi connectivity index (χ0) is 26.6. The van der Waals surface area contributed by atoms with E-state index in [0.29, 0.717) is 38.4 Å². The molecule has 190 valence electrons. The molecule has 1 heterocycles. The third-order valence-corrected chi connectivity index (χ3v) is 6.17. The van der Waals surface area contributed by atoms with Crippen molar-refractivity contribution in [2.75, 3.05) is 5.32 Å². The molecule has 5 rings (SSSR count). The fraction of sp³-hybridized carbons (Fsp3) is 0.0667. The lowest BCUT2D eigenvalue weighted by molar-refractivity contribution is -0.122. The first-order chi connectivity index (χ1) is 18.4. The molecule has 1 aromatic heterocycles. The number of rotatable bonds is 7. The lowest BCUT2D eigenvalue weighted by Crippen LogP contribution is -2.31. The van der Waals surface area contributed by atoms with Crippen LogP contribution < -0.4 is 20.2 Å². The first-order valence-corrected chi connectivity index (χ1v) is 12.5. The molecule has 8 heteroatoms. The molecule has 6 nitrogen and oxygen atoms in total.